The van der Waals surface area contributed by atoms with Crippen molar-refractivity contribution >= 4 is 0 Å². The predicted molar refractivity (Wildman–Crippen MR) is 42.2 cm³/mol. The van der Waals surface area contributed by atoms with Gasteiger partial charge < -0.3 is 15.3 Å². The molecule has 1 aromatic rings. The fraction of sp³-hybridized carbons (Fsp3) is 0.375. The summed E-state index contributed by atoms with van der Waals surface area (Å²) in [5.41, 5.74) is 0.00144. The summed E-state index contributed by atoms with van der Waals surface area (Å²) in [6.07, 6.45) is -1.52. The van der Waals surface area contributed by atoms with Crippen LogP contribution in [-0.2, 0) is 0 Å². The van der Waals surface area contributed by atoms with Crippen molar-refractivity contribution in [2.45, 2.75) is 12.2 Å². The van der Waals surface area contributed by atoms with E-state index in [-0.39, 0.29) is 5.69 Å². The maximum Gasteiger partial charge on any atom is 0.126 e. The molecule has 1 aromatic heterocycles. The van der Waals surface area contributed by atoms with Crippen molar-refractivity contribution in [1.29, 1.82) is 0 Å². The molecule has 1 rings (SSSR count). The molecule has 0 amide bonds. The van der Waals surface area contributed by atoms with Crippen LogP contribution in [0.3, 0.4) is 0 Å². The molecule has 2 unspecified atom stereocenters. The van der Waals surface area contributed by atoms with Crippen LogP contribution in [0.1, 0.15) is 11.8 Å². The van der Waals surface area contributed by atoms with Crippen LogP contribution in [0.5, 0.6) is 0 Å². The molecule has 0 spiro atoms. The molecule has 0 saturated heterocycles. The predicted octanol–water partition coefficient (Wildman–Crippen LogP) is -0.393. The molecule has 1 heterocycles. The third-order valence-electron chi connectivity index (χ3n) is 1.60. The van der Waals surface area contributed by atoms with Crippen molar-refractivity contribution in [3.63, 3.8) is 0 Å². The lowest BCUT2D eigenvalue weighted by Crippen LogP contribution is -2.22. The van der Waals surface area contributed by atoms with Crippen molar-refractivity contribution in [2.75, 3.05) is 6.61 Å². The van der Waals surface area contributed by atoms with Gasteiger partial charge in [-0.25, -0.2) is 4.39 Å². The number of aliphatic hydroxyl groups excluding tert-OH is 3. The first-order valence-corrected chi connectivity index (χ1v) is 3.73. The highest BCUT2D eigenvalue weighted by Gasteiger charge is 2.18. The molecule has 0 aliphatic rings. The summed E-state index contributed by atoms with van der Waals surface area (Å²) in [7, 11) is 0. The molecule has 0 aliphatic carbocycles. The Morgan fingerprint density at radius 1 is 1.46 bits per heavy atom. The first-order chi connectivity index (χ1) is 6.15. The number of aliphatic hydroxyl groups is 3. The van der Waals surface area contributed by atoms with Crippen LogP contribution >= 0.6 is 0 Å². The van der Waals surface area contributed by atoms with E-state index in [4.69, 9.17) is 10.2 Å². The Labute approximate surface area is 74.3 Å². The maximum atomic E-state index is 12.6. The molecule has 0 radical (unpaired) electrons. The van der Waals surface area contributed by atoms with Crippen LogP contribution in [-0.4, -0.2) is 33.0 Å². The SMILES string of the molecule is OCC(O)C(O)c1cc(F)ccn1. The fourth-order valence-corrected chi connectivity index (χ4v) is 0.880. The summed E-state index contributed by atoms with van der Waals surface area (Å²) in [6, 6.07) is 2.13. The molecule has 0 fully saturated rings. The summed E-state index contributed by atoms with van der Waals surface area (Å²) in [4.78, 5) is 3.65. The van der Waals surface area contributed by atoms with E-state index in [9.17, 15) is 9.50 Å². The van der Waals surface area contributed by atoms with E-state index in [1.807, 2.05) is 0 Å². The highest BCUT2D eigenvalue weighted by atomic mass is 19.1. The number of halogens is 1. The quantitative estimate of drug-likeness (QED) is 0.602. The van der Waals surface area contributed by atoms with Gasteiger partial charge in [0.1, 0.15) is 18.0 Å². The number of hydrogen-bond donors (Lipinski definition) is 3. The average molecular weight is 187 g/mol. The van der Waals surface area contributed by atoms with Gasteiger partial charge in [-0.2, -0.15) is 0 Å². The zero-order valence-electron chi connectivity index (χ0n) is 6.76. The van der Waals surface area contributed by atoms with Crippen molar-refractivity contribution in [1.82, 2.24) is 4.98 Å². The molecule has 0 aliphatic heterocycles. The first kappa shape index (κ1) is 10.0. The van der Waals surface area contributed by atoms with Crippen molar-refractivity contribution in [3.05, 3.63) is 29.8 Å². The van der Waals surface area contributed by atoms with Crippen LogP contribution in [0.2, 0.25) is 0 Å². The third-order valence-corrected chi connectivity index (χ3v) is 1.60. The number of rotatable bonds is 3. The lowest BCUT2D eigenvalue weighted by Gasteiger charge is -2.14. The lowest BCUT2D eigenvalue weighted by molar-refractivity contribution is -0.0174. The zero-order valence-corrected chi connectivity index (χ0v) is 6.76. The summed E-state index contributed by atoms with van der Waals surface area (Å²) < 4.78 is 12.6. The maximum absolute atomic E-state index is 12.6. The van der Waals surface area contributed by atoms with Crippen LogP contribution in [0.15, 0.2) is 18.3 Å². The van der Waals surface area contributed by atoms with E-state index >= 15 is 0 Å². The largest absolute Gasteiger partial charge is 0.394 e. The van der Waals surface area contributed by atoms with E-state index in [0.717, 1.165) is 12.1 Å². The van der Waals surface area contributed by atoms with Gasteiger partial charge in [0.05, 0.1) is 12.3 Å². The Bertz CT molecular complexity index is 282. The Morgan fingerprint density at radius 2 is 2.15 bits per heavy atom. The average Bonchev–Trinajstić information content (AvgIpc) is 2.15. The van der Waals surface area contributed by atoms with E-state index in [2.05, 4.69) is 4.98 Å². The van der Waals surface area contributed by atoms with Crippen LogP contribution < -0.4 is 0 Å². The Balaban J connectivity index is 2.82. The molecule has 4 nitrogen and oxygen atoms in total. The monoisotopic (exact) mass is 187 g/mol. The first-order valence-electron chi connectivity index (χ1n) is 3.73. The van der Waals surface area contributed by atoms with Crippen molar-refractivity contribution in [3.8, 4) is 0 Å². The molecule has 0 saturated carbocycles. The number of nitrogens with zero attached hydrogens (tertiary/aromatic N) is 1. The van der Waals surface area contributed by atoms with Gasteiger partial charge in [0.2, 0.25) is 0 Å². The van der Waals surface area contributed by atoms with Crippen LogP contribution in [0, 0.1) is 5.82 Å². The summed E-state index contributed by atoms with van der Waals surface area (Å²) >= 11 is 0. The third kappa shape index (κ3) is 2.45. The smallest absolute Gasteiger partial charge is 0.126 e. The van der Waals surface area contributed by atoms with Gasteiger partial charge in [-0.1, -0.05) is 0 Å². The summed E-state index contributed by atoms with van der Waals surface area (Å²) in [6.45, 7) is -0.598. The van der Waals surface area contributed by atoms with Crippen LogP contribution in [0.25, 0.3) is 0 Å². The molecule has 13 heavy (non-hydrogen) atoms. The minimum atomic E-state index is -1.36. The number of aromatic nitrogens is 1. The zero-order chi connectivity index (χ0) is 9.84. The fourth-order valence-electron chi connectivity index (χ4n) is 0.880. The van der Waals surface area contributed by atoms with Crippen LogP contribution in [0.4, 0.5) is 4.39 Å². The second-order valence-electron chi connectivity index (χ2n) is 2.59. The number of hydrogen-bond acceptors (Lipinski definition) is 4. The van der Waals surface area contributed by atoms with Gasteiger partial charge in [0, 0.05) is 6.20 Å². The van der Waals surface area contributed by atoms with E-state index in [1.165, 1.54) is 6.20 Å². The molecule has 5 heteroatoms. The normalized spacial score (nSPS) is 15.4. The van der Waals surface area contributed by atoms with Gasteiger partial charge in [0.25, 0.3) is 0 Å². The van der Waals surface area contributed by atoms with Gasteiger partial charge in [-0.15, -0.1) is 0 Å². The highest BCUT2D eigenvalue weighted by Crippen LogP contribution is 2.14. The van der Waals surface area contributed by atoms with Crippen molar-refractivity contribution < 1.29 is 19.7 Å². The van der Waals surface area contributed by atoms with Gasteiger partial charge >= 0.3 is 0 Å². The van der Waals surface area contributed by atoms with E-state index in [0.29, 0.717) is 0 Å². The Kier molecular flexibility index (Phi) is 3.30. The molecular formula is C8H10FNO3. The summed E-state index contributed by atoms with van der Waals surface area (Å²) in [5.74, 6) is -0.547. The standard InChI is InChI=1S/C8H10FNO3/c9-5-1-2-10-6(3-5)8(13)7(12)4-11/h1-3,7-8,11-13H,4H2. The molecule has 2 atom stereocenters. The minimum Gasteiger partial charge on any atom is -0.394 e. The summed E-state index contributed by atoms with van der Waals surface area (Å²) in [5, 5.41) is 26.8. The van der Waals surface area contributed by atoms with Gasteiger partial charge in [-0.05, 0) is 12.1 Å². The van der Waals surface area contributed by atoms with Gasteiger partial charge in [0.15, 0.2) is 0 Å². The lowest BCUT2D eigenvalue weighted by atomic mass is 10.1. The second-order valence-corrected chi connectivity index (χ2v) is 2.59. The molecule has 0 aromatic carbocycles. The minimum absolute atomic E-state index is 0.00144. The van der Waals surface area contributed by atoms with E-state index < -0.39 is 24.6 Å². The van der Waals surface area contributed by atoms with Gasteiger partial charge in [-0.3, -0.25) is 4.98 Å². The molecule has 0 bridgehead atoms. The van der Waals surface area contributed by atoms with Crippen molar-refractivity contribution in [2.24, 2.45) is 0 Å². The molecule has 72 valence electrons. The second kappa shape index (κ2) is 4.27. The Hall–Kier alpha value is -1.04. The topological polar surface area (TPSA) is 73.6 Å². The molecular weight excluding hydrogens is 177 g/mol. The molecule has 3 N–H and O–H groups in total. The Morgan fingerprint density at radius 3 is 2.69 bits per heavy atom. The number of pyridine rings is 1. The highest BCUT2D eigenvalue weighted by molar-refractivity contribution is 5.09. The van der Waals surface area contributed by atoms with E-state index in [1.54, 1.807) is 0 Å².